The van der Waals surface area contributed by atoms with Crippen LogP contribution < -0.4 is 5.32 Å². The van der Waals surface area contributed by atoms with Gasteiger partial charge in [-0.2, -0.15) is 4.31 Å². The van der Waals surface area contributed by atoms with E-state index in [-0.39, 0.29) is 16.9 Å². The lowest BCUT2D eigenvalue weighted by Crippen LogP contribution is -2.47. The first kappa shape index (κ1) is 18.3. The number of ether oxygens (including phenoxy) is 1. The van der Waals surface area contributed by atoms with E-state index >= 15 is 0 Å². The predicted molar refractivity (Wildman–Crippen MR) is 94.0 cm³/mol. The van der Waals surface area contributed by atoms with Gasteiger partial charge in [0.2, 0.25) is 10.0 Å². The molecule has 0 aromatic heterocycles. The van der Waals surface area contributed by atoms with Crippen molar-refractivity contribution in [3.05, 3.63) is 29.8 Å². The Hall–Kier alpha value is -1.48. The number of carbonyl (C=O) groups excluding carboxylic acids is 1. The van der Waals surface area contributed by atoms with E-state index in [4.69, 9.17) is 4.74 Å². The summed E-state index contributed by atoms with van der Waals surface area (Å²) in [6, 6.07) is 6.14. The minimum Gasteiger partial charge on any atom is -0.376 e. The molecular formula is C17H25N3O4S. The van der Waals surface area contributed by atoms with E-state index in [2.05, 4.69) is 10.2 Å². The summed E-state index contributed by atoms with van der Waals surface area (Å²) in [5.74, 6) is -0.209. The average molecular weight is 367 g/mol. The van der Waals surface area contributed by atoms with Gasteiger partial charge in [-0.1, -0.05) is 0 Å². The SMILES string of the molecule is CN1CCN(S(=O)(=O)c2ccc(C(=O)NCC3CCCO3)cc2)CC1. The maximum absolute atomic E-state index is 12.7. The number of sulfonamides is 1. The number of likely N-dealkylation sites (N-methyl/N-ethyl adjacent to an activating group) is 1. The van der Waals surface area contributed by atoms with E-state index in [1.54, 1.807) is 12.1 Å². The van der Waals surface area contributed by atoms with Gasteiger partial charge in [0, 0.05) is 44.9 Å². The number of piperazine rings is 1. The van der Waals surface area contributed by atoms with Crippen molar-refractivity contribution in [3.8, 4) is 0 Å². The highest BCUT2D eigenvalue weighted by molar-refractivity contribution is 7.89. The first-order valence-corrected chi connectivity index (χ1v) is 10.1. The Balaban J connectivity index is 1.61. The minimum atomic E-state index is -3.50. The van der Waals surface area contributed by atoms with Crippen molar-refractivity contribution in [3.63, 3.8) is 0 Å². The second-order valence-electron chi connectivity index (χ2n) is 6.58. The number of hydrogen-bond donors (Lipinski definition) is 1. The van der Waals surface area contributed by atoms with Crippen molar-refractivity contribution in [2.75, 3.05) is 46.4 Å². The van der Waals surface area contributed by atoms with Crippen LogP contribution in [0, 0.1) is 0 Å². The van der Waals surface area contributed by atoms with Crippen molar-refractivity contribution in [2.24, 2.45) is 0 Å². The smallest absolute Gasteiger partial charge is 0.251 e. The largest absolute Gasteiger partial charge is 0.376 e. The molecule has 0 saturated carbocycles. The molecule has 138 valence electrons. The number of amides is 1. The zero-order chi connectivity index (χ0) is 17.9. The molecule has 8 heteroatoms. The van der Waals surface area contributed by atoms with Crippen LogP contribution in [0.4, 0.5) is 0 Å². The molecule has 25 heavy (non-hydrogen) atoms. The molecular weight excluding hydrogens is 342 g/mol. The van der Waals surface area contributed by atoms with Gasteiger partial charge in [0.15, 0.2) is 0 Å². The average Bonchev–Trinajstić information content (AvgIpc) is 3.14. The van der Waals surface area contributed by atoms with Gasteiger partial charge in [-0.05, 0) is 44.2 Å². The fourth-order valence-electron chi connectivity index (χ4n) is 3.07. The third kappa shape index (κ3) is 4.38. The highest BCUT2D eigenvalue weighted by Crippen LogP contribution is 2.18. The summed E-state index contributed by atoms with van der Waals surface area (Å²) in [6.45, 7) is 3.66. The van der Waals surface area contributed by atoms with Gasteiger partial charge in [-0.25, -0.2) is 8.42 Å². The first-order chi connectivity index (χ1) is 12.0. The summed E-state index contributed by atoms with van der Waals surface area (Å²) >= 11 is 0. The monoisotopic (exact) mass is 367 g/mol. The molecule has 2 heterocycles. The maximum Gasteiger partial charge on any atom is 0.251 e. The zero-order valence-corrected chi connectivity index (χ0v) is 15.3. The van der Waals surface area contributed by atoms with Gasteiger partial charge in [-0.15, -0.1) is 0 Å². The molecule has 0 bridgehead atoms. The summed E-state index contributed by atoms with van der Waals surface area (Å²) in [7, 11) is -1.52. The lowest BCUT2D eigenvalue weighted by Gasteiger charge is -2.31. The summed E-state index contributed by atoms with van der Waals surface area (Å²) in [5.41, 5.74) is 0.454. The fraction of sp³-hybridized carbons (Fsp3) is 0.588. The summed E-state index contributed by atoms with van der Waals surface area (Å²) < 4.78 is 32.3. The van der Waals surface area contributed by atoms with Gasteiger partial charge in [0.25, 0.3) is 5.91 Å². The first-order valence-electron chi connectivity index (χ1n) is 8.65. The Bertz CT molecular complexity index is 691. The highest BCUT2D eigenvalue weighted by atomic mass is 32.2. The van der Waals surface area contributed by atoms with E-state index in [1.165, 1.54) is 16.4 Å². The van der Waals surface area contributed by atoms with Gasteiger partial charge < -0.3 is 15.0 Å². The Morgan fingerprint density at radius 3 is 2.48 bits per heavy atom. The van der Waals surface area contributed by atoms with E-state index in [0.717, 1.165) is 32.5 Å². The van der Waals surface area contributed by atoms with Crippen molar-refractivity contribution in [1.29, 1.82) is 0 Å². The molecule has 2 aliphatic heterocycles. The van der Waals surface area contributed by atoms with Crippen molar-refractivity contribution >= 4 is 15.9 Å². The molecule has 1 aromatic rings. The van der Waals surface area contributed by atoms with Crippen molar-refractivity contribution in [1.82, 2.24) is 14.5 Å². The number of nitrogens with zero attached hydrogens (tertiary/aromatic N) is 2. The van der Waals surface area contributed by atoms with Crippen LogP contribution in [0.15, 0.2) is 29.2 Å². The van der Waals surface area contributed by atoms with E-state index in [0.29, 0.717) is 25.2 Å². The Morgan fingerprint density at radius 1 is 1.20 bits per heavy atom. The van der Waals surface area contributed by atoms with Crippen LogP contribution in [0.25, 0.3) is 0 Å². The molecule has 7 nitrogen and oxygen atoms in total. The molecule has 3 rings (SSSR count). The molecule has 0 spiro atoms. The van der Waals surface area contributed by atoms with Gasteiger partial charge in [-0.3, -0.25) is 4.79 Å². The number of rotatable bonds is 5. The highest BCUT2D eigenvalue weighted by Gasteiger charge is 2.27. The standard InChI is InChI=1S/C17H25N3O4S/c1-19-8-10-20(11-9-19)25(22,23)16-6-4-14(5-7-16)17(21)18-13-15-3-2-12-24-15/h4-7,15H,2-3,8-13H2,1H3,(H,18,21). The second kappa shape index (κ2) is 7.82. The fourth-order valence-corrected chi connectivity index (χ4v) is 4.49. The van der Waals surface area contributed by atoms with Crippen LogP contribution in [-0.2, 0) is 14.8 Å². The molecule has 1 amide bonds. The number of nitrogens with one attached hydrogen (secondary N) is 1. The molecule has 1 unspecified atom stereocenters. The Morgan fingerprint density at radius 2 is 1.88 bits per heavy atom. The quantitative estimate of drug-likeness (QED) is 0.821. The molecule has 0 aliphatic carbocycles. The summed E-state index contributed by atoms with van der Waals surface area (Å²) in [5, 5.41) is 2.84. The van der Waals surface area contributed by atoms with Gasteiger partial charge >= 0.3 is 0 Å². The van der Waals surface area contributed by atoms with Crippen molar-refractivity contribution < 1.29 is 17.9 Å². The summed E-state index contributed by atoms with van der Waals surface area (Å²) in [6.07, 6.45) is 2.07. The number of hydrogen-bond acceptors (Lipinski definition) is 5. The van der Waals surface area contributed by atoms with E-state index in [1.807, 2.05) is 7.05 Å². The van der Waals surface area contributed by atoms with Gasteiger partial charge in [0.05, 0.1) is 11.0 Å². The summed E-state index contributed by atoms with van der Waals surface area (Å²) in [4.78, 5) is 14.5. The van der Waals surface area contributed by atoms with Crippen LogP contribution in [0.2, 0.25) is 0 Å². The van der Waals surface area contributed by atoms with Crippen LogP contribution in [0.5, 0.6) is 0 Å². The molecule has 2 fully saturated rings. The Labute approximate surface area is 149 Å². The number of benzene rings is 1. The third-order valence-electron chi connectivity index (χ3n) is 4.73. The molecule has 2 aliphatic rings. The molecule has 1 atom stereocenters. The molecule has 1 aromatic carbocycles. The van der Waals surface area contributed by atoms with E-state index in [9.17, 15) is 13.2 Å². The lowest BCUT2D eigenvalue weighted by atomic mass is 10.2. The van der Waals surface area contributed by atoms with Crippen LogP contribution in [-0.4, -0.2) is 76.0 Å². The van der Waals surface area contributed by atoms with Crippen LogP contribution in [0.3, 0.4) is 0 Å². The second-order valence-corrected chi connectivity index (χ2v) is 8.51. The minimum absolute atomic E-state index is 0.0841. The Kier molecular flexibility index (Phi) is 5.73. The lowest BCUT2D eigenvalue weighted by molar-refractivity contribution is 0.0857. The predicted octanol–water partition coefficient (Wildman–Crippen LogP) is 0.532. The van der Waals surface area contributed by atoms with Crippen LogP contribution in [0.1, 0.15) is 23.2 Å². The van der Waals surface area contributed by atoms with E-state index < -0.39 is 10.0 Å². The zero-order valence-electron chi connectivity index (χ0n) is 14.5. The van der Waals surface area contributed by atoms with Crippen molar-refractivity contribution in [2.45, 2.75) is 23.8 Å². The van der Waals surface area contributed by atoms with Gasteiger partial charge in [0.1, 0.15) is 0 Å². The maximum atomic E-state index is 12.7. The third-order valence-corrected chi connectivity index (χ3v) is 6.64. The van der Waals surface area contributed by atoms with Crippen LogP contribution >= 0.6 is 0 Å². The number of carbonyl (C=O) groups is 1. The normalized spacial score (nSPS) is 22.8. The molecule has 1 N–H and O–H groups in total. The topological polar surface area (TPSA) is 79.0 Å². The molecule has 2 saturated heterocycles. The molecule has 0 radical (unpaired) electrons.